The summed E-state index contributed by atoms with van der Waals surface area (Å²) in [6.07, 6.45) is 3.33. The van der Waals surface area contributed by atoms with Crippen molar-refractivity contribution in [2.45, 2.75) is 38.8 Å². The van der Waals surface area contributed by atoms with Crippen LogP contribution in [0, 0.1) is 0 Å². The Labute approximate surface area is 127 Å². The van der Waals surface area contributed by atoms with E-state index in [9.17, 15) is 0 Å². The number of nitrogens with two attached hydrogens (primary N) is 1. The summed E-state index contributed by atoms with van der Waals surface area (Å²) in [6, 6.07) is 17.8. The van der Waals surface area contributed by atoms with Gasteiger partial charge in [-0.1, -0.05) is 49.4 Å². The predicted octanol–water partition coefficient (Wildman–Crippen LogP) is 4.05. The molecule has 1 aliphatic heterocycles. The van der Waals surface area contributed by atoms with Crippen molar-refractivity contribution in [1.82, 2.24) is 0 Å². The fourth-order valence-corrected chi connectivity index (χ4v) is 3.13. The second-order valence-electron chi connectivity index (χ2n) is 5.90. The normalized spacial score (nSPS) is 18.2. The lowest BCUT2D eigenvalue weighted by atomic mass is 10.0. The molecule has 1 unspecified atom stereocenters. The van der Waals surface area contributed by atoms with E-state index in [1.54, 1.807) is 0 Å². The van der Waals surface area contributed by atoms with Crippen molar-refractivity contribution in [3.63, 3.8) is 0 Å². The molecule has 0 aliphatic carbocycles. The Hall–Kier alpha value is -1.80. The third-order valence-electron chi connectivity index (χ3n) is 4.42. The minimum atomic E-state index is 0.175. The van der Waals surface area contributed by atoms with Crippen molar-refractivity contribution in [1.29, 1.82) is 0 Å². The third-order valence-corrected chi connectivity index (χ3v) is 4.42. The summed E-state index contributed by atoms with van der Waals surface area (Å²) >= 11 is 0. The maximum Gasteiger partial charge on any atom is 0.0429 e. The van der Waals surface area contributed by atoms with E-state index in [1.807, 2.05) is 0 Å². The predicted molar refractivity (Wildman–Crippen MR) is 89.5 cm³/mol. The molecule has 2 nitrogen and oxygen atoms in total. The average molecular weight is 280 g/mol. The number of para-hydroxylation sites is 1. The SMILES string of the molecule is CCc1ccc(CN2CCCC(N)c3ccccc32)cc1. The van der Waals surface area contributed by atoms with Crippen molar-refractivity contribution < 1.29 is 0 Å². The molecule has 0 saturated carbocycles. The Bertz CT molecular complexity index is 589. The first-order valence-corrected chi connectivity index (χ1v) is 7.95. The number of benzene rings is 2. The summed E-state index contributed by atoms with van der Waals surface area (Å²) in [5.74, 6) is 0. The van der Waals surface area contributed by atoms with Gasteiger partial charge in [-0.2, -0.15) is 0 Å². The Morgan fingerprint density at radius 3 is 2.52 bits per heavy atom. The summed E-state index contributed by atoms with van der Waals surface area (Å²) < 4.78 is 0. The van der Waals surface area contributed by atoms with E-state index < -0.39 is 0 Å². The molecule has 2 aromatic rings. The number of hydrogen-bond donors (Lipinski definition) is 1. The minimum Gasteiger partial charge on any atom is -0.367 e. The molecule has 0 spiro atoms. The number of hydrogen-bond acceptors (Lipinski definition) is 2. The summed E-state index contributed by atoms with van der Waals surface area (Å²) in [7, 11) is 0. The van der Waals surface area contributed by atoms with Gasteiger partial charge in [-0.25, -0.2) is 0 Å². The largest absolute Gasteiger partial charge is 0.367 e. The van der Waals surface area contributed by atoms with Crippen molar-refractivity contribution in [3.05, 3.63) is 65.2 Å². The maximum absolute atomic E-state index is 6.31. The molecule has 0 aromatic heterocycles. The zero-order valence-corrected chi connectivity index (χ0v) is 12.8. The van der Waals surface area contributed by atoms with Gasteiger partial charge in [-0.15, -0.1) is 0 Å². The molecular formula is C19H24N2. The molecule has 2 aromatic carbocycles. The molecule has 0 fully saturated rings. The standard InChI is InChI=1S/C19H24N2/c1-2-15-9-11-16(12-10-15)14-21-13-5-7-18(20)17-6-3-4-8-19(17)21/h3-4,6,8-12,18H,2,5,7,13-14,20H2,1H3. The van der Waals surface area contributed by atoms with Crippen LogP contribution in [0.2, 0.25) is 0 Å². The van der Waals surface area contributed by atoms with Crippen molar-refractivity contribution >= 4 is 5.69 Å². The first kappa shape index (κ1) is 14.2. The molecule has 0 radical (unpaired) electrons. The van der Waals surface area contributed by atoms with Crippen LogP contribution < -0.4 is 10.6 Å². The smallest absolute Gasteiger partial charge is 0.0429 e. The molecule has 0 amide bonds. The lowest BCUT2D eigenvalue weighted by molar-refractivity contribution is 0.626. The second-order valence-corrected chi connectivity index (χ2v) is 5.90. The number of anilines is 1. The Kier molecular flexibility index (Phi) is 4.26. The zero-order chi connectivity index (χ0) is 14.7. The highest BCUT2D eigenvalue weighted by atomic mass is 15.1. The summed E-state index contributed by atoms with van der Waals surface area (Å²) in [5.41, 5.74) is 11.7. The van der Waals surface area contributed by atoms with Gasteiger partial charge in [-0.3, -0.25) is 0 Å². The van der Waals surface area contributed by atoms with Crippen LogP contribution in [0.5, 0.6) is 0 Å². The highest BCUT2D eigenvalue weighted by molar-refractivity contribution is 5.56. The van der Waals surface area contributed by atoms with Gasteiger partial charge >= 0.3 is 0 Å². The van der Waals surface area contributed by atoms with Crippen LogP contribution in [0.25, 0.3) is 0 Å². The Morgan fingerprint density at radius 1 is 1.05 bits per heavy atom. The van der Waals surface area contributed by atoms with Gasteiger partial charge in [0.15, 0.2) is 0 Å². The fourth-order valence-electron chi connectivity index (χ4n) is 3.13. The first-order valence-electron chi connectivity index (χ1n) is 7.95. The van der Waals surface area contributed by atoms with Crippen molar-refractivity contribution in [2.24, 2.45) is 5.73 Å². The lowest BCUT2D eigenvalue weighted by Gasteiger charge is -2.25. The number of nitrogens with zero attached hydrogens (tertiary/aromatic N) is 1. The van der Waals surface area contributed by atoms with Crippen LogP contribution in [0.3, 0.4) is 0 Å². The van der Waals surface area contributed by atoms with Gasteiger partial charge in [-0.05, 0) is 42.0 Å². The van der Waals surface area contributed by atoms with Gasteiger partial charge in [0.25, 0.3) is 0 Å². The minimum absolute atomic E-state index is 0.175. The van der Waals surface area contributed by atoms with Gasteiger partial charge in [0.1, 0.15) is 0 Å². The van der Waals surface area contributed by atoms with Crippen LogP contribution in [0.15, 0.2) is 48.5 Å². The third kappa shape index (κ3) is 3.11. The summed E-state index contributed by atoms with van der Waals surface area (Å²) in [4.78, 5) is 2.48. The molecule has 2 heteroatoms. The summed E-state index contributed by atoms with van der Waals surface area (Å²) in [6.45, 7) is 4.25. The molecule has 0 saturated heterocycles. The maximum atomic E-state index is 6.31. The van der Waals surface area contributed by atoms with E-state index in [2.05, 4.69) is 60.4 Å². The number of fused-ring (bicyclic) bond motifs is 1. The van der Waals surface area contributed by atoms with E-state index in [1.165, 1.54) is 22.4 Å². The molecule has 0 bridgehead atoms. The first-order chi connectivity index (χ1) is 10.3. The van der Waals surface area contributed by atoms with Crippen LogP contribution in [-0.4, -0.2) is 6.54 Å². The highest BCUT2D eigenvalue weighted by Crippen LogP contribution is 2.32. The van der Waals surface area contributed by atoms with Crippen LogP contribution in [0.4, 0.5) is 5.69 Å². The molecule has 1 aliphatic rings. The summed E-state index contributed by atoms with van der Waals surface area (Å²) in [5, 5.41) is 0. The Morgan fingerprint density at radius 2 is 1.76 bits per heavy atom. The highest BCUT2D eigenvalue weighted by Gasteiger charge is 2.19. The molecule has 110 valence electrons. The Balaban J connectivity index is 1.85. The van der Waals surface area contributed by atoms with Crippen molar-refractivity contribution in [3.8, 4) is 0 Å². The average Bonchev–Trinajstić information content (AvgIpc) is 2.69. The van der Waals surface area contributed by atoms with Gasteiger partial charge in [0.05, 0.1) is 0 Å². The van der Waals surface area contributed by atoms with Gasteiger partial charge in [0, 0.05) is 24.8 Å². The molecule has 2 N–H and O–H groups in total. The van der Waals surface area contributed by atoms with E-state index in [0.29, 0.717) is 0 Å². The quantitative estimate of drug-likeness (QED) is 0.919. The van der Waals surface area contributed by atoms with E-state index in [0.717, 1.165) is 32.4 Å². The topological polar surface area (TPSA) is 29.3 Å². The molecule has 1 atom stereocenters. The molecular weight excluding hydrogens is 256 g/mol. The molecule has 21 heavy (non-hydrogen) atoms. The van der Waals surface area contributed by atoms with Crippen molar-refractivity contribution in [2.75, 3.05) is 11.4 Å². The van der Waals surface area contributed by atoms with E-state index >= 15 is 0 Å². The van der Waals surface area contributed by atoms with Crippen LogP contribution >= 0.6 is 0 Å². The molecule has 1 heterocycles. The number of aryl methyl sites for hydroxylation is 1. The van der Waals surface area contributed by atoms with E-state index in [4.69, 9.17) is 5.73 Å². The number of rotatable bonds is 3. The van der Waals surface area contributed by atoms with Gasteiger partial charge in [0.2, 0.25) is 0 Å². The zero-order valence-electron chi connectivity index (χ0n) is 12.8. The van der Waals surface area contributed by atoms with E-state index in [-0.39, 0.29) is 6.04 Å². The lowest BCUT2D eigenvalue weighted by Crippen LogP contribution is -2.23. The van der Waals surface area contributed by atoms with Crippen LogP contribution in [-0.2, 0) is 13.0 Å². The second kappa shape index (κ2) is 6.31. The van der Waals surface area contributed by atoms with Crippen LogP contribution in [0.1, 0.15) is 42.5 Å². The van der Waals surface area contributed by atoms with Gasteiger partial charge < -0.3 is 10.6 Å². The monoisotopic (exact) mass is 280 g/mol. The fraction of sp³-hybridized carbons (Fsp3) is 0.368. The molecule has 3 rings (SSSR count).